The highest BCUT2D eigenvalue weighted by atomic mass is 35.5. The third-order valence-electron chi connectivity index (χ3n) is 3.52. The fourth-order valence-corrected chi connectivity index (χ4v) is 2.64. The molecule has 0 radical (unpaired) electrons. The number of carbonyl (C=O) groups is 2. The Balaban J connectivity index is 1.89. The van der Waals surface area contributed by atoms with Crippen LogP contribution >= 0.6 is 11.6 Å². The smallest absolute Gasteiger partial charge is 0.340 e. The molecule has 24 heavy (non-hydrogen) atoms. The van der Waals surface area contributed by atoms with E-state index >= 15 is 0 Å². The Hall–Kier alpha value is -2.79. The number of aromatic amines is 1. The fraction of sp³-hybridized carbons (Fsp3) is 0.111. The first kappa shape index (κ1) is 16.1. The lowest BCUT2D eigenvalue weighted by atomic mass is 10.1. The number of para-hydroxylation sites is 2. The number of fused-ring (bicyclic) bond motifs is 1. The van der Waals surface area contributed by atoms with Crippen molar-refractivity contribution in [1.82, 2.24) is 4.98 Å². The molecule has 5 nitrogen and oxygen atoms in total. The maximum Gasteiger partial charge on any atom is 0.340 e. The maximum atomic E-state index is 12.5. The van der Waals surface area contributed by atoms with Crippen LogP contribution in [-0.4, -0.2) is 23.5 Å². The van der Waals surface area contributed by atoms with Gasteiger partial charge in [0.1, 0.15) is 5.69 Å². The van der Waals surface area contributed by atoms with E-state index in [4.69, 9.17) is 16.3 Å². The quantitative estimate of drug-likeness (QED) is 0.696. The molecular formula is C18H15ClN2O3. The number of hydrogen-bond acceptors (Lipinski definition) is 3. The summed E-state index contributed by atoms with van der Waals surface area (Å²) in [5.41, 5.74) is 1.76. The zero-order valence-electron chi connectivity index (χ0n) is 12.9. The number of esters is 1. The van der Waals surface area contributed by atoms with Gasteiger partial charge < -0.3 is 15.0 Å². The van der Waals surface area contributed by atoms with Gasteiger partial charge in [-0.2, -0.15) is 0 Å². The summed E-state index contributed by atoms with van der Waals surface area (Å²) in [5, 5.41) is 4.11. The van der Waals surface area contributed by atoms with Crippen LogP contribution in [0.15, 0.2) is 48.5 Å². The van der Waals surface area contributed by atoms with Crippen molar-refractivity contribution in [3.8, 4) is 0 Å². The monoisotopic (exact) mass is 342 g/mol. The average molecular weight is 343 g/mol. The van der Waals surface area contributed by atoms with Gasteiger partial charge in [0.05, 0.1) is 28.4 Å². The largest absolute Gasteiger partial charge is 0.462 e. The van der Waals surface area contributed by atoms with Gasteiger partial charge in [-0.1, -0.05) is 35.9 Å². The highest BCUT2D eigenvalue weighted by Crippen LogP contribution is 2.24. The first-order valence-corrected chi connectivity index (χ1v) is 7.82. The zero-order chi connectivity index (χ0) is 17.1. The van der Waals surface area contributed by atoms with E-state index in [1.807, 2.05) is 12.1 Å². The van der Waals surface area contributed by atoms with Gasteiger partial charge in [0, 0.05) is 5.39 Å². The van der Waals surface area contributed by atoms with E-state index in [1.165, 1.54) is 0 Å². The summed E-state index contributed by atoms with van der Waals surface area (Å²) >= 11 is 6.11. The summed E-state index contributed by atoms with van der Waals surface area (Å²) in [6, 6.07) is 13.8. The number of hydrogen-bond donors (Lipinski definition) is 2. The van der Waals surface area contributed by atoms with Crippen LogP contribution in [0, 0.1) is 0 Å². The number of nitrogens with one attached hydrogen (secondary N) is 2. The number of amides is 1. The molecule has 0 spiro atoms. The number of aromatic nitrogens is 1. The second kappa shape index (κ2) is 6.76. The molecule has 2 aromatic carbocycles. The van der Waals surface area contributed by atoms with Crippen LogP contribution in [0.25, 0.3) is 10.9 Å². The molecule has 0 aliphatic carbocycles. The Morgan fingerprint density at radius 1 is 1.17 bits per heavy atom. The Morgan fingerprint density at radius 3 is 2.71 bits per heavy atom. The predicted octanol–water partition coefficient (Wildman–Crippen LogP) is 4.25. The number of benzene rings is 2. The van der Waals surface area contributed by atoms with Crippen molar-refractivity contribution >= 4 is 40.1 Å². The van der Waals surface area contributed by atoms with Gasteiger partial charge in [-0.15, -0.1) is 0 Å². The van der Waals surface area contributed by atoms with Crippen LogP contribution in [0.4, 0.5) is 5.69 Å². The number of ether oxygens (including phenoxy) is 1. The Bertz CT molecular complexity index is 918. The van der Waals surface area contributed by atoms with Crippen LogP contribution in [0.5, 0.6) is 0 Å². The highest BCUT2D eigenvalue weighted by Gasteiger charge is 2.16. The van der Waals surface area contributed by atoms with E-state index in [9.17, 15) is 9.59 Å². The van der Waals surface area contributed by atoms with Gasteiger partial charge >= 0.3 is 5.97 Å². The number of halogens is 1. The first-order valence-electron chi connectivity index (χ1n) is 7.45. The van der Waals surface area contributed by atoms with E-state index < -0.39 is 5.97 Å². The number of rotatable bonds is 4. The molecule has 1 aromatic heterocycles. The molecule has 2 N–H and O–H groups in total. The van der Waals surface area contributed by atoms with Gasteiger partial charge in [-0.25, -0.2) is 4.79 Å². The van der Waals surface area contributed by atoms with Crippen molar-refractivity contribution in [2.45, 2.75) is 6.92 Å². The summed E-state index contributed by atoms with van der Waals surface area (Å²) < 4.78 is 5.00. The molecule has 0 aliphatic rings. The minimum absolute atomic E-state index is 0.266. The van der Waals surface area contributed by atoms with Gasteiger partial charge in [0.2, 0.25) is 0 Å². The zero-order valence-corrected chi connectivity index (χ0v) is 13.7. The van der Waals surface area contributed by atoms with Crippen LogP contribution in [0.1, 0.15) is 27.8 Å². The minimum Gasteiger partial charge on any atom is -0.462 e. The summed E-state index contributed by atoms with van der Waals surface area (Å²) in [6.45, 7) is 1.99. The molecule has 0 bridgehead atoms. The van der Waals surface area contributed by atoms with Gasteiger partial charge in [-0.05, 0) is 31.2 Å². The molecule has 1 amide bonds. The van der Waals surface area contributed by atoms with Crippen LogP contribution in [0.2, 0.25) is 5.02 Å². The molecular weight excluding hydrogens is 328 g/mol. The highest BCUT2D eigenvalue weighted by molar-refractivity contribution is 6.35. The Labute approximate surface area is 143 Å². The fourth-order valence-electron chi connectivity index (χ4n) is 2.41. The van der Waals surface area contributed by atoms with Crippen molar-refractivity contribution in [3.05, 3.63) is 64.8 Å². The number of carbonyl (C=O) groups excluding carboxylic acids is 2. The van der Waals surface area contributed by atoms with Crippen LogP contribution in [0.3, 0.4) is 0 Å². The van der Waals surface area contributed by atoms with Crippen molar-refractivity contribution in [2.24, 2.45) is 0 Å². The Kier molecular flexibility index (Phi) is 4.53. The van der Waals surface area contributed by atoms with E-state index in [2.05, 4.69) is 10.3 Å². The lowest BCUT2D eigenvalue weighted by Crippen LogP contribution is -2.16. The molecule has 0 saturated heterocycles. The van der Waals surface area contributed by atoms with Crippen molar-refractivity contribution in [1.29, 1.82) is 0 Å². The lowest BCUT2D eigenvalue weighted by molar-refractivity contribution is 0.0527. The molecule has 0 unspecified atom stereocenters. The number of anilines is 1. The molecule has 6 heteroatoms. The minimum atomic E-state index is -0.479. The first-order chi connectivity index (χ1) is 11.6. The normalized spacial score (nSPS) is 10.6. The molecule has 1 heterocycles. The SMILES string of the molecule is CCOC(=O)c1ccccc1NC(=O)c1cc2cccc(Cl)c2[nH]1. The van der Waals surface area contributed by atoms with Crippen molar-refractivity contribution < 1.29 is 14.3 Å². The van der Waals surface area contributed by atoms with Crippen LogP contribution < -0.4 is 5.32 Å². The standard InChI is InChI=1S/C18H15ClN2O3/c1-2-24-18(23)12-7-3-4-9-14(12)21-17(22)15-10-11-6-5-8-13(19)16(11)20-15/h3-10,20H,2H2,1H3,(H,21,22). The van der Waals surface area contributed by atoms with E-state index in [1.54, 1.807) is 43.3 Å². The summed E-state index contributed by atoms with van der Waals surface area (Å²) in [5.74, 6) is -0.841. The topological polar surface area (TPSA) is 71.2 Å². The summed E-state index contributed by atoms with van der Waals surface area (Å²) in [6.07, 6.45) is 0. The third kappa shape index (κ3) is 3.12. The summed E-state index contributed by atoms with van der Waals surface area (Å²) in [7, 11) is 0. The van der Waals surface area contributed by atoms with E-state index in [0.29, 0.717) is 27.5 Å². The lowest BCUT2D eigenvalue weighted by Gasteiger charge is -2.09. The average Bonchev–Trinajstić information content (AvgIpc) is 3.01. The maximum absolute atomic E-state index is 12.5. The van der Waals surface area contributed by atoms with E-state index in [-0.39, 0.29) is 12.5 Å². The molecule has 0 aliphatic heterocycles. The van der Waals surface area contributed by atoms with Gasteiger partial charge in [-0.3, -0.25) is 4.79 Å². The molecule has 0 saturated carbocycles. The molecule has 3 rings (SSSR count). The molecule has 0 atom stereocenters. The second-order valence-electron chi connectivity index (χ2n) is 5.11. The van der Waals surface area contributed by atoms with Gasteiger partial charge in [0.25, 0.3) is 5.91 Å². The molecule has 0 fully saturated rings. The third-order valence-corrected chi connectivity index (χ3v) is 3.84. The van der Waals surface area contributed by atoms with E-state index in [0.717, 1.165) is 5.39 Å². The molecule has 3 aromatic rings. The Morgan fingerprint density at radius 2 is 1.96 bits per heavy atom. The molecule has 122 valence electrons. The summed E-state index contributed by atoms with van der Waals surface area (Å²) in [4.78, 5) is 27.5. The van der Waals surface area contributed by atoms with Crippen molar-refractivity contribution in [3.63, 3.8) is 0 Å². The predicted molar refractivity (Wildman–Crippen MR) is 93.7 cm³/mol. The van der Waals surface area contributed by atoms with Crippen LogP contribution in [-0.2, 0) is 4.74 Å². The van der Waals surface area contributed by atoms with Gasteiger partial charge in [0.15, 0.2) is 0 Å². The second-order valence-corrected chi connectivity index (χ2v) is 5.51. The number of H-pyrrole nitrogens is 1. The van der Waals surface area contributed by atoms with Crippen molar-refractivity contribution in [2.75, 3.05) is 11.9 Å².